The molecule has 0 amide bonds. The van der Waals surface area contributed by atoms with Gasteiger partial charge >= 0.3 is 0 Å². The van der Waals surface area contributed by atoms with E-state index in [9.17, 15) is 0 Å². The molecule has 0 bridgehead atoms. The predicted molar refractivity (Wildman–Crippen MR) is 127 cm³/mol. The zero-order valence-electron chi connectivity index (χ0n) is 17.9. The second-order valence-corrected chi connectivity index (χ2v) is 9.11. The van der Waals surface area contributed by atoms with Crippen LogP contribution in [0, 0.1) is 0 Å². The minimum atomic E-state index is 0.630. The van der Waals surface area contributed by atoms with Gasteiger partial charge < -0.3 is 10.1 Å². The minimum Gasteiger partial charge on any atom is -0.497 e. The number of thiazole rings is 1. The second-order valence-electron chi connectivity index (χ2n) is 7.31. The molecule has 1 aliphatic rings. The summed E-state index contributed by atoms with van der Waals surface area (Å²) in [6.45, 7) is 6.38. The van der Waals surface area contributed by atoms with Gasteiger partial charge in [0.2, 0.25) is 5.16 Å². The number of hydrogen-bond donors (Lipinski definition) is 2. The fourth-order valence-electron chi connectivity index (χ4n) is 3.34. The third kappa shape index (κ3) is 6.06. The normalized spacial score (nSPS) is 14.3. The van der Waals surface area contributed by atoms with Gasteiger partial charge in [-0.05, 0) is 29.7 Å². The summed E-state index contributed by atoms with van der Waals surface area (Å²) in [5, 5.41) is 14.7. The van der Waals surface area contributed by atoms with Crippen molar-refractivity contribution in [3.8, 4) is 0 Å². The molecule has 162 valence electrons. The standard InChI is InChI=1S/C23H27N5OS2/c1-3-20-18(9-10-29-20)11-16(2)22-25-19(15-30-22)12-24-13-21-26-23(28-27-21)31-14-17-7-5-4-6-8-17/h4-8,11,15,24H,3,9-10,12-14H2,1-2H3,(H,26,27,28)/b16-11+. The number of H-pyrrole nitrogens is 1. The van der Waals surface area contributed by atoms with E-state index in [-0.39, 0.29) is 0 Å². The van der Waals surface area contributed by atoms with Gasteiger partial charge in [-0.2, -0.15) is 0 Å². The molecule has 8 heteroatoms. The first kappa shape index (κ1) is 21.8. The first-order chi connectivity index (χ1) is 15.2. The molecule has 2 aromatic heterocycles. The Balaban J connectivity index is 1.25. The van der Waals surface area contributed by atoms with Gasteiger partial charge in [-0.15, -0.1) is 16.4 Å². The van der Waals surface area contributed by atoms with Crippen molar-refractivity contribution in [2.75, 3.05) is 6.61 Å². The number of nitrogens with one attached hydrogen (secondary N) is 2. The molecule has 0 aliphatic carbocycles. The molecule has 2 N–H and O–H groups in total. The van der Waals surface area contributed by atoms with Crippen molar-refractivity contribution in [1.29, 1.82) is 0 Å². The monoisotopic (exact) mass is 453 g/mol. The van der Waals surface area contributed by atoms with Gasteiger partial charge in [-0.1, -0.05) is 49.0 Å². The van der Waals surface area contributed by atoms with Crippen LogP contribution in [0.3, 0.4) is 0 Å². The number of thioether (sulfide) groups is 1. The maximum Gasteiger partial charge on any atom is 0.208 e. The van der Waals surface area contributed by atoms with Gasteiger partial charge in [0.1, 0.15) is 10.8 Å². The lowest BCUT2D eigenvalue weighted by Gasteiger charge is -2.01. The summed E-state index contributed by atoms with van der Waals surface area (Å²) in [4.78, 5) is 9.33. The van der Waals surface area contributed by atoms with E-state index in [4.69, 9.17) is 9.72 Å². The van der Waals surface area contributed by atoms with Crippen LogP contribution in [0.2, 0.25) is 0 Å². The summed E-state index contributed by atoms with van der Waals surface area (Å²) in [6.07, 6.45) is 4.16. The molecule has 3 aromatic rings. The molecule has 0 radical (unpaired) electrons. The fourth-order valence-corrected chi connectivity index (χ4v) is 4.91. The van der Waals surface area contributed by atoms with Crippen LogP contribution in [0.1, 0.15) is 48.8 Å². The summed E-state index contributed by atoms with van der Waals surface area (Å²) in [5.41, 5.74) is 4.81. The van der Waals surface area contributed by atoms with E-state index in [1.807, 2.05) is 18.2 Å². The molecule has 0 atom stereocenters. The lowest BCUT2D eigenvalue weighted by molar-refractivity contribution is 0.237. The molecule has 4 rings (SSSR count). The van der Waals surface area contributed by atoms with Gasteiger partial charge in [-0.3, -0.25) is 5.10 Å². The summed E-state index contributed by atoms with van der Waals surface area (Å²) in [6, 6.07) is 10.4. The number of allylic oxidation sites excluding steroid dienone is 3. The van der Waals surface area contributed by atoms with Crippen molar-refractivity contribution in [3.63, 3.8) is 0 Å². The Labute approximate surface area is 191 Å². The van der Waals surface area contributed by atoms with E-state index >= 15 is 0 Å². The maximum atomic E-state index is 5.68. The molecule has 31 heavy (non-hydrogen) atoms. The molecule has 0 saturated carbocycles. The van der Waals surface area contributed by atoms with E-state index in [2.05, 4.69) is 57.9 Å². The minimum absolute atomic E-state index is 0.630. The highest BCUT2D eigenvalue weighted by Gasteiger charge is 2.13. The van der Waals surface area contributed by atoms with Gasteiger partial charge in [0, 0.05) is 30.5 Å². The summed E-state index contributed by atoms with van der Waals surface area (Å²) < 4.78 is 5.68. The van der Waals surface area contributed by atoms with E-state index in [1.165, 1.54) is 16.7 Å². The molecule has 0 saturated heterocycles. The summed E-state index contributed by atoms with van der Waals surface area (Å²) >= 11 is 3.32. The summed E-state index contributed by atoms with van der Waals surface area (Å²) in [5.74, 6) is 2.82. The van der Waals surface area contributed by atoms with E-state index in [0.717, 1.165) is 52.6 Å². The Morgan fingerprint density at radius 1 is 1.26 bits per heavy atom. The van der Waals surface area contributed by atoms with Crippen molar-refractivity contribution in [1.82, 2.24) is 25.5 Å². The largest absolute Gasteiger partial charge is 0.497 e. The number of aromatic amines is 1. The summed E-state index contributed by atoms with van der Waals surface area (Å²) in [7, 11) is 0. The van der Waals surface area contributed by atoms with Crippen LogP contribution in [0.5, 0.6) is 0 Å². The molecule has 6 nitrogen and oxygen atoms in total. The Hall–Kier alpha value is -2.42. The smallest absolute Gasteiger partial charge is 0.208 e. The quantitative estimate of drug-likeness (QED) is 0.404. The molecule has 0 fully saturated rings. The van der Waals surface area contributed by atoms with Crippen LogP contribution in [0.25, 0.3) is 5.57 Å². The molecule has 0 spiro atoms. The van der Waals surface area contributed by atoms with Crippen molar-refractivity contribution in [3.05, 3.63) is 75.2 Å². The zero-order chi connectivity index (χ0) is 21.5. The van der Waals surface area contributed by atoms with E-state index < -0.39 is 0 Å². The number of benzene rings is 1. The van der Waals surface area contributed by atoms with Crippen molar-refractivity contribution < 1.29 is 4.74 Å². The molecular weight excluding hydrogens is 426 g/mol. The molecule has 1 aromatic carbocycles. The van der Waals surface area contributed by atoms with Crippen molar-refractivity contribution in [2.45, 2.75) is 50.7 Å². The first-order valence-corrected chi connectivity index (χ1v) is 12.3. The highest BCUT2D eigenvalue weighted by Crippen LogP contribution is 2.27. The Bertz CT molecular complexity index is 1050. The van der Waals surface area contributed by atoms with Crippen molar-refractivity contribution in [2.24, 2.45) is 0 Å². The lowest BCUT2D eigenvalue weighted by Crippen LogP contribution is -2.14. The topological polar surface area (TPSA) is 75.7 Å². The SMILES string of the molecule is CCC1=C(/C=C(\C)c2nc(CNCc3nc(SCc4ccccc4)n[nH]3)cs2)CCO1. The van der Waals surface area contributed by atoms with E-state index in [1.54, 1.807) is 23.1 Å². The second kappa shape index (κ2) is 10.7. The molecule has 1 aliphatic heterocycles. The Kier molecular flexibility index (Phi) is 7.56. The number of ether oxygens (including phenoxy) is 1. The predicted octanol–water partition coefficient (Wildman–Crippen LogP) is 5.33. The van der Waals surface area contributed by atoms with Crippen molar-refractivity contribution >= 4 is 28.7 Å². The van der Waals surface area contributed by atoms with Gasteiger partial charge in [0.25, 0.3) is 0 Å². The van der Waals surface area contributed by atoms with Crippen LogP contribution in [-0.2, 0) is 23.6 Å². The van der Waals surface area contributed by atoms with Crippen LogP contribution in [0.4, 0.5) is 0 Å². The molecule has 0 unspecified atom stereocenters. The van der Waals surface area contributed by atoms with Crippen LogP contribution >= 0.6 is 23.1 Å². The van der Waals surface area contributed by atoms with E-state index in [0.29, 0.717) is 13.1 Å². The first-order valence-electron chi connectivity index (χ1n) is 10.5. The third-order valence-electron chi connectivity index (χ3n) is 4.93. The Morgan fingerprint density at radius 2 is 2.13 bits per heavy atom. The van der Waals surface area contributed by atoms with Crippen LogP contribution in [0.15, 0.2) is 58.3 Å². The molecule has 3 heterocycles. The van der Waals surface area contributed by atoms with Crippen LogP contribution in [-0.4, -0.2) is 26.8 Å². The van der Waals surface area contributed by atoms with Crippen LogP contribution < -0.4 is 5.32 Å². The number of hydrogen-bond acceptors (Lipinski definition) is 7. The average molecular weight is 454 g/mol. The number of rotatable bonds is 10. The number of nitrogens with zero attached hydrogens (tertiary/aromatic N) is 3. The molecular formula is C23H27N5OS2. The highest BCUT2D eigenvalue weighted by molar-refractivity contribution is 7.98. The fraction of sp³-hybridized carbons (Fsp3) is 0.348. The maximum absolute atomic E-state index is 5.68. The lowest BCUT2D eigenvalue weighted by atomic mass is 10.1. The zero-order valence-corrected chi connectivity index (χ0v) is 19.5. The third-order valence-corrected chi connectivity index (χ3v) is 6.87. The van der Waals surface area contributed by atoms with Gasteiger partial charge in [0.05, 0.1) is 24.6 Å². The average Bonchev–Trinajstić information content (AvgIpc) is 3.54. The highest BCUT2D eigenvalue weighted by atomic mass is 32.2. The number of aromatic nitrogens is 4. The van der Waals surface area contributed by atoms with Gasteiger partial charge in [0.15, 0.2) is 0 Å². The van der Waals surface area contributed by atoms with Gasteiger partial charge in [-0.25, -0.2) is 9.97 Å². The Morgan fingerprint density at radius 3 is 2.97 bits per heavy atom.